The lowest BCUT2D eigenvalue weighted by Gasteiger charge is -2.19. The van der Waals surface area contributed by atoms with Crippen molar-refractivity contribution in [2.24, 2.45) is 0 Å². The summed E-state index contributed by atoms with van der Waals surface area (Å²) in [6, 6.07) is 8.42. The molecular formula is C19H22N6O3. The Hall–Kier alpha value is -3.54. The van der Waals surface area contributed by atoms with Crippen LogP contribution in [0.15, 0.2) is 30.5 Å². The summed E-state index contributed by atoms with van der Waals surface area (Å²) in [4.78, 5) is 24.3. The summed E-state index contributed by atoms with van der Waals surface area (Å²) in [5.74, 6) is -0.0598. The fourth-order valence-corrected chi connectivity index (χ4v) is 2.65. The molecule has 4 N–H and O–H groups in total. The molecule has 3 rings (SSSR count). The zero-order valence-corrected chi connectivity index (χ0v) is 15.9. The first-order chi connectivity index (χ1) is 13.2. The van der Waals surface area contributed by atoms with Crippen molar-refractivity contribution >= 4 is 17.8 Å². The second-order valence-corrected chi connectivity index (χ2v) is 7.59. The van der Waals surface area contributed by atoms with Crippen LogP contribution >= 0.6 is 0 Å². The number of alkyl carbamates (subject to hydrolysis) is 1. The predicted octanol–water partition coefficient (Wildman–Crippen LogP) is 1.72. The van der Waals surface area contributed by atoms with Gasteiger partial charge in [0.1, 0.15) is 23.1 Å². The monoisotopic (exact) mass is 382 g/mol. The number of amides is 2. The minimum Gasteiger partial charge on any atom is -0.444 e. The standard InChI is InChI=1S/C19H22N6O3/c1-19(2,3)28-18(27)24-15-8-14(15)23-17(26)11-5-4-6-13(7-11)25-16(21)12(9-20)10-22-25/h4-7,10,14-15H,8,21H2,1-3H3,(H,23,26)(H,24,27)/t14-,15-/m1/s1. The third-order valence-electron chi connectivity index (χ3n) is 4.09. The number of benzene rings is 1. The van der Waals surface area contributed by atoms with Gasteiger partial charge < -0.3 is 21.1 Å². The number of nitrogens with one attached hydrogen (secondary N) is 2. The lowest BCUT2D eigenvalue weighted by Crippen LogP contribution is -2.38. The maximum atomic E-state index is 12.5. The van der Waals surface area contributed by atoms with Gasteiger partial charge in [0.15, 0.2) is 0 Å². The van der Waals surface area contributed by atoms with E-state index >= 15 is 0 Å². The lowest BCUT2D eigenvalue weighted by atomic mass is 10.2. The van der Waals surface area contributed by atoms with Crippen LogP contribution in [-0.2, 0) is 4.74 Å². The molecule has 2 atom stereocenters. The van der Waals surface area contributed by atoms with Crippen LogP contribution in [0.1, 0.15) is 43.1 Å². The summed E-state index contributed by atoms with van der Waals surface area (Å²) in [7, 11) is 0. The van der Waals surface area contributed by atoms with Gasteiger partial charge >= 0.3 is 6.09 Å². The van der Waals surface area contributed by atoms with Crippen LogP contribution in [0.25, 0.3) is 5.69 Å². The number of carbonyl (C=O) groups excluding carboxylic acids is 2. The maximum absolute atomic E-state index is 12.5. The minimum atomic E-state index is -0.572. The largest absolute Gasteiger partial charge is 0.444 e. The molecule has 1 aromatic heterocycles. The van der Waals surface area contributed by atoms with E-state index in [1.807, 2.05) is 6.07 Å². The van der Waals surface area contributed by atoms with Crippen molar-refractivity contribution in [1.82, 2.24) is 20.4 Å². The molecule has 0 bridgehead atoms. The summed E-state index contributed by atoms with van der Waals surface area (Å²) >= 11 is 0. The number of hydrogen-bond donors (Lipinski definition) is 3. The van der Waals surface area contributed by atoms with Crippen LogP contribution in [0, 0.1) is 11.3 Å². The highest BCUT2D eigenvalue weighted by atomic mass is 16.6. The zero-order chi connectivity index (χ0) is 20.5. The van der Waals surface area contributed by atoms with Gasteiger partial charge in [0, 0.05) is 5.56 Å². The van der Waals surface area contributed by atoms with Gasteiger partial charge in [-0.05, 0) is 45.4 Å². The molecule has 1 heterocycles. The van der Waals surface area contributed by atoms with Crippen molar-refractivity contribution in [2.45, 2.75) is 44.9 Å². The number of anilines is 1. The molecule has 1 aromatic carbocycles. The van der Waals surface area contributed by atoms with E-state index in [4.69, 9.17) is 15.7 Å². The van der Waals surface area contributed by atoms with Crippen molar-refractivity contribution in [3.05, 3.63) is 41.6 Å². The summed E-state index contributed by atoms with van der Waals surface area (Å²) < 4.78 is 6.61. The van der Waals surface area contributed by atoms with Crippen molar-refractivity contribution in [1.29, 1.82) is 5.26 Å². The smallest absolute Gasteiger partial charge is 0.407 e. The fraction of sp³-hybridized carbons (Fsp3) is 0.368. The van der Waals surface area contributed by atoms with Gasteiger partial charge in [0.25, 0.3) is 5.91 Å². The van der Waals surface area contributed by atoms with E-state index < -0.39 is 11.7 Å². The second-order valence-electron chi connectivity index (χ2n) is 7.59. The van der Waals surface area contributed by atoms with E-state index in [2.05, 4.69) is 15.7 Å². The molecule has 0 spiro atoms. The van der Waals surface area contributed by atoms with E-state index in [9.17, 15) is 9.59 Å². The van der Waals surface area contributed by atoms with Gasteiger partial charge in [-0.25, -0.2) is 9.48 Å². The average molecular weight is 382 g/mol. The summed E-state index contributed by atoms with van der Waals surface area (Å²) in [6.07, 6.45) is 1.51. The molecule has 28 heavy (non-hydrogen) atoms. The molecule has 1 aliphatic carbocycles. The average Bonchev–Trinajstić information content (AvgIpc) is 3.21. The summed E-state index contributed by atoms with van der Waals surface area (Å²) in [6.45, 7) is 5.37. The number of nitrogens with two attached hydrogens (primary N) is 1. The zero-order valence-electron chi connectivity index (χ0n) is 15.9. The molecule has 1 aliphatic rings. The summed E-state index contributed by atoms with van der Waals surface area (Å²) in [5, 5.41) is 18.7. The van der Waals surface area contributed by atoms with Crippen LogP contribution in [0.4, 0.5) is 10.6 Å². The number of hydrogen-bond acceptors (Lipinski definition) is 6. The Morgan fingerprint density at radius 3 is 2.68 bits per heavy atom. The minimum absolute atomic E-state index is 0.149. The normalized spacial score (nSPS) is 18.1. The molecule has 2 amide bonds. The van der Waals surface area contributed by atoms with Crippen LogP contribution < -0.4 is 16.4 Å². The lowest BCUT2D eigenvalue weighted by molar-refractivity contribution is 0.0520. The maximum Gasteiger partial charge on any atom is 0.407 e. The molecular weight excluding hydrogens is 360 g/mol. The molecule has 1 fully saturated rings. The Morgan fingerprint density at radius 1 is 1.32 bits per heavy atom. The molecule has 0 saturated heterocycles. The first-order valence-corrected chi connectivity index (χ1v) is 8.82. The number of carbonyl (C=O) groups is 2. The van der Waals surface area contributed by atoms with Crippen LogP contribution in [0.2, 0.25) is 0 Å². The number of ether oxygens (including phenoxy) is 1. The Kier molecular flexibility index (Phi) is 4.96. The number of rotatable bonds is 4. The van der Waals surface area contributed by atoms with Crippen molar-refractivity contribution < 1.29 is 14.3 Å². The predicted molar refractivity (Wildman–Crippen MR) is 102 cm³/mol. The van der Waals surface area contributed by atoms with E-state index in [-0.39, 0.29) is 29.4 Å². The van der Waals surface area contributed by atoms with Gasteiger partial charge in [-0.15, -0.1) is 0 Å². The second kappa shape index (κ2) is 7.23. The Balaban J connectivity index is 1.61. The number of nitrogen functional groups attached to an aromatic ring is 1. The molecule has 0 unspecified atom stereocenters. The Morgan fingerprint density at radius 2 is 2.04 bits per heavy atom. The van der Waals surface area contributed by atoms with Gasteiger partial charge in [-0.3, -0.25) is 4.79 Å². The highest BCUT2D eigenvalue weighted by molar-refractivity contribution is 5.95. The van der Waals surface area contributed by atoms with E-state index in [0.29, 0.717) is 17.7 Å². The van der Waals surface area contributed by atoms with E-state index in [0.717, 1.165) is 0 Å². The Bertz CT molecular complexity index is 953. The number of nitrogens with zero attached hydrogens (tertiary/aromatic N) is 3. The molecule has 2 aromatic rings. The molecule has 9 nitrogen and oxygen atoms in total. The molecule has 0 aliphatic heterocycles. The van der Waals surface area contributed by atoms with Crippen molar-refractivity contribution in [3.8, 4) is 11.8 Å². The highest BCUT2D eigenvalue weighted by Gasteiger charge is 2.40. The van der Waals surface area contributed by atoms with Gasteiger partial charge in [0.2, 0.25) is 0 Å². The van der Waals surface area contributed by atoms with Crippen LogP contribution in [0.3, 0.4) is 0 Å². The van der Waals surface area contributed by atoms with Crippen LogP contribution in [-0.4, -0.2) is 39.5 Å². The molecule has 146 valence electrons. The third-order valence-corrected chi connectivity index (χ3v) is 4.09. The number of aromatic nitrogens is 2. The third kappa shape index (κ3) is 4.40. The Labute approximate surface area is 162 Å². The fourth-order valence-electron chi connectivity index (χ4n) is 2.65. The topological polar surface area (TPSA) is 135 Å². The quantitative estimate of drug-likeness (QED) is 0.737. The van der Waals surface area contributed by atoms with Crippen molar-refractivity contribution in [2.75, 3.05) is 5.73 Å². The van der Waals surface area contributed by atoms with Crippen molar-refractivity contribution in [3.63, 3.8) is 0 Å². The first kappa shape index (κ1) is 19.2. The molecule has 1 saturated carbocycles. The van der Waals surface area contributed by atoms with Gasteiger partial charge in [0.05, 0.1) is 24.0 Å². The summed E-state index contributed by atoms with van der Waals surface area (Å²) in [5.41, 5.74) is 6.59. The van der Waals surface area contributed by atoms with E-state index in [1.165, 1.54) is 10.9 Å². The number of nitriles is 1. The SMILES string of the molecule is CC(C)(C)OC(=O)N[C@@H]1C[C@H]1NC(=O)c1cccc(-n2ncc(C#N)c2N)c1. The van der Waals surface area contributed by atoms with Gasteiger partial charge in [-0.2, -0.15) is 10.4 Å². The first-order valence-electron chi connectivity index (χ1n) is 8.82. The molecule has 9 heteroatoms. The van der Waals surface area contributed by atoms with E-state index in [1.54, 1.807) is 45.0 Å². The van der Waals surface area contributed by atoms with Gasteiger partial charge in [-0.1, -0.05) is 6.07 Å². The highest BCUT2D eigenvalue weighted by Crippen LogP contribution is 2.23. The molecule has 0 radical (unpaired) electrons. The van der Waals surface area contributed by atoms with Crippen LogP contribution in [0.5, 0.6) is 0 Å².